The maximum Gasteiger partial charge on any atom is 0.0152 e. The zero-order valence-corrected chi connectivity index (χ0v) is 5.31. The minimum absolute atomic E-state index is 1.12. The van der Waals surface area contributed by atoms with Crippen LogP contribution >= 0.6 is 0 Å². The molecule has 0 atom stereocenters. The van der Waals surface area contributed by atoms with Crippen molar-refractivity contribution in [3.05, 3.63) is 23.9 Å². The number of allylic oxidation sites excluding steroid dienone is 3. The molecule has 0 fully saturated rings. The minimum Gasteiger partial charge on any atom is -0.331 e. The number of rotatable bonds is 2. The van der Waals surface area contributed by atoms with Gasteiger partial charge in [-0.3, -0.25) is 5.84 Å². The predicted octanol–water partition coefficient (Wildman–Crippen LogP) is 0.930. The van der Waals surface area contributed by atoms with E-state index in [4.69, 9.17) is 5.84 Å². The second kappa shape index (κ2) is 4.40. The molecule has 0 amide bonds. The zero-order valence-electron chi connectivity index (χ0n) is 5.31. The van der Waals surface area contributed by atoms with Crippen LogP contribution in [0, 0.1) is 0 Å². The first-order valence-electron chi connectivity index (χ1n) is 2.57. The molecule has 2 heteroatoms. The highest BCUT2D eigenvalue weighted by molar-refractivity contribution is 5.13. The first kappa shape index (κ1) is 7.24. The van der Waals surface area contributed by atoms with Crippen molar-refractivity contribution in [2.24, 2.45) is 5.84 Å². The predicted molar refractivity (Wildman–Crippen MR) is 35.9 cm³/mol. The van der Waals surface area contributed by atoms with Crippen LogP contribution in [0.5, 0.6) is 0 Å². The van der Waals surface area contributed by atoms with E-state index >= 15 is 0 Å². The Morgan fingerprint density at radius 2 is 2.25 bits per heavy atom. The molecule has 46 valence electrons. The van der Waals surface area contributed by atoms with Gasteiger partial charge < -0.3 is 5.43 Å². The molecular weight excluding hydrogens is 100 g/mol. The average molecular weight is 112 g/mol. The Labute approximate surface area is 50.0 Å². The summed E-state index contributed by atoms with van der Waals surface area (Å²) in [6, 6.07) is 0. The van der Waals surface area contributed by atoms with Crippen molar-refractivity contribution in [2.75, 3.05) is 0 Å². The molecule has 0 aromatic heterocycles. The van der Waals surface area contributed by atoms with Crippen LogP contribution in [0.3, 0.4) is 0 Å². The molecular formula is C6H12N2. The van der Waals surface area contributed by atoms with Crippen molar-refractivity contribution in [1.82, 2.24) is 5.43 Å². The van der Waals surface area contributed by atoms with Gasteiger partial charge >= 0.3 is 0 Å². The van der Waals surface area contributed by atoms with E-state index in [2.05, 4.69) is 5.43 Å². The maximum atomic E-state index is 5.00. The van der Waals surface area contributed by atoms with Crippen LogP contribution in [-0.2, 0) is 0 Å². The van der Waals surface area contributed by atoms with Crippen LogP contribution in [0.15, 0.2) is 23.9 Å². The molecule has 0 saturated heterocycles. The Hall–Kier alpha value is -0.760. The lowest BCUT2D eigenvalue weighted by molar-refractivity contribution is 0.957. The van der Waals surface area contributed by atoms with Crippen LogP contribution in [-0.4, -0.2) is 0 Å². The van der Waals surface area contributed by atoms with Gasteiger partial charge in [-0.05, 0) is 19.4 Å². The molecule has 0 bridgehead atoms. The van der Waals surface area contributed by atoms with E-state index in [1.165, 1.54) is 0 Å². The molecule has 0 aliphatic heterocycles. The van der Waals surface area contributed by atoms with Crippen molar-refractivity contribution in [2.45, 2.75) is 13.8 Å². The minimum atomic E-state index is 1.12. The molecule has 0 unspecified atom stereocenters. The van der Waals surface area contributed by atoms with E-state index in [9.17, 15) is 0 Å². The van der Waals surface area contributed by atoms with Crippen molar-refractivity contribution in [1.29, 1.82) is 0 Å². The van der Waals surface area contributed by atoms with Gasteiger partial charge in [0.25, 0.3) is 0 Å². The average Bonchev–Trinajstić information content (AvgIpc) is 1.68. The summed E-state index contributed by atoms with van der Waals surface area (Å²) < 4.78 is 0. The number of hydrogen-bond donors (Lipinski definition) is 2. The Kier molecular flexibility index (Phi) is 3.98. The van der Waals surface area contributed by atoms with Gasteiger partial charge in [0.05, 0.1) is 0 Å². The number of hydrazine groups is 1. The van der Waals surface area contributed by atoms with Gasteiger partial charge in [-0.1, -0.05) is 12.2 Å². The van der Waals surface area contributed by atoms with Crippen molar-refractivity contribution >= 4 is 0 Å². The topological polar surface area (TPSA) is 38.0 Å². The molecule has 0 heterocycles. The van der Waals surface area contributed by atoms with Crippen molar-refractivity contribution in [3.63, 3.8) is 0 Å². The summed E-state index contributed by atoms with van der Waals surface area (Å²) in [4.78, 5) is 0. The van der Waals surface area contributed by atoms with Crippen LogP contribution in [0.4, 0.5) is 0 Å². The monoisotopic (exact) mass is 112 g/mol. The fourth-order valence-corrected chi connectivity index (χ4v) is 0.442. The fourth-order valence-electron chi connectivity index (χ4n) is 0.442. The molecule has 0 saturated carbocycles. The van der Waals surface area contributed by atoms with E-state index in [0.717, 1.165) is 5.57 Å². The SMILES string of the molecule is C/C=C/C(C)=C\NN. The molecule has 0 aromatic rings. The summed E-state index contributed by atoms with van der Waals surface area (Å²) in [6.45, 7) is 3.94. The van der Waals surface area contributed by atoms with Gasteiger partial charge in [-0.25, -0.2) is 0 Å². The summed E-state index contributed by atoms with van der Waals surface area (Å²) in [5.74, 6) is 5.00. The molecule has 0 aliphatic rings. The Bertz CT molecular complexity index is 103. The molecule has 0 aliphatic carbocycles. The van der Waals surface area contributed by atoms with Crippen LogP contribution in [0.1, 0.15) is 13.8 Å². The van der Waals surface area contributed by atoms with Crippen molar-refractivity contribution in [3.8, 4) is 0 Å². The lowest BCUT2D eigenvalue weighted by Crippen LogP contribution is -2.13. The highest BCUT2D eigenvalue weighted by Gasteiger charge is 1.73. The van der Waals surface area contributed by atoms with E-state index in [1.807, 2.05) is 26.0 Å². The lowest BCUT2D eigenvalue weighted by atomic mass is 10.3. The van der Waals surface area contributed by atoms with Gasteiger partial charge in [0.15, 0.2) is 0 Å². The largest absolute Gasteiger partial charge is 0.331 e. The van der Waals surface area contributed by atoms with Gasteiger partial charge in [-0.15, -0.1) is 0 Å². The summed E-state index contributed by atoms with van der Waals surface area (Å²) in [7, 11) is 0. The van der Waals surface area contributed by atoms with Gasteiger partial charge in [0.1, 0.15) is 0 Å². The van der Waals surface area contributed by atoms with E-state index < -0.39 is 0 Å². The molecule has 3 N–H and O–H groups in total. The zero-order chi connectivity index (χ0) is 6.41. The lowest BCUT2D eigenvalue weighted by Gasteiger charge is -1.88. The molecule has 8 heavy (non-hydrogen) atoms. The molecule has 2 nitrogen and oxygen atoms in total. The summed E-state index contributed by atoms with van der Waals surface area (Å²) in [5, 5.41) is 0. The summed E-state index contributed by atoms with van der Waals surface area (Å²) in [5.41, 5.74) is 3.56. The standard InChI is InChI=1S/C6H12N2/c1-3-4-6(2)5-8-7/h3-5,8H,7H2,1-2H3/b4-3+,6-5-. The van der Waals surface area contributed by atoms with E-state index in [1.54, 1.807) is 6.20 Å². The summed E-state index contributed by atoms with van der Waals surface area (Å²) >= 11 is 0. The molecule has 0 spiro atoms. The summed E-state index contributed by atoms with van der Waals surface area (Å²) in [6.07, 6.45) is 5.67. The quantitative estimate of drug-likeness (QED) is 0.317. The second-order valence-corrected chi connectivity index (χ2v) is 1.56. The number of nitrogens with two attached hydrogens (primary N) is 1. The third kappa shape index (κ3) is 3.43. The molecule has 0 rings (SSSR count). The smallest absolute Gasteiger partial charge is 0.0152 e. The van der Waals surface area contributed by atoms with Crippen molar-refractivity contribution < 1.29 is 0 Å². The Morgan fingerprint density at radius 3 is 2.62 bits per heavy atom. The van der Waals surface area contributed by atoms with Crippen LogP contribution in [0.2, 0.25) is 0 Å². The molecule has 0 radical (unpaired) electrons. The van der Waals surface area contributed by atoms with Gasteiger partial charge in [0.2, 0.25) is 0 Å². The van der Waals surface area contributed by atoms with Crippen LogP contribution in [0.25, 0.3) is 0 Å². The Balaban J connectivity index is 3.61. The number of nitrogens with one attached hydrogen (secondary N) is 1. The molecule has 0 aromatic carbocycles. The highest BCUT2D eigenvalue weighted by Crippen LogP contribution is 1.89. The second-order valence-electron chi connectivity index (χ2n) is 1.56. The third-order valence-electron chi connectivity index (χ3n) is 0.741. The number of hydrogen-bond acceptors (Lipinski definition) is 2. The normalized spacial score (nSPS) is 12.6. The van der Waals surface area contributed by atoms with E-state index in [-0.39, 0.29) is 0 Å². The first-order valence-corrected chi connectivity index (χ1v) is 2.57. The van der Waals surface area contributed by atoms with Crippen LogP contribution < -0.4 is 11.3 Å². The maximum absolute atomic E-state index is 5.00. The first-order chi connectivity index (χ1) is 3.81. The van der Waals surface area contributed by atoms with E-state index in [0.29, 0.717) is 0 Å². The van der Waals surface area contributed by atoms with Gasteiger partial charge in [0, 0.05) is 6.20 Å². The fraction of sp³-hybridized carbons (Fsp3) is 0.333. The highest BCUT2D eigenvalue weighted by atomic mass is 15.2. The van der Waals surface area contributed by atoms with Gasteiger partial charge in [-0.2, -0.15) is 0 Å². The Morgan fingerprint density at radius 1 is 1.62 bits per heavy atom. The third-order valence-corrected chi connectivity index (χ3v) is 0.741.